The van der Waals surface area contributed by atoms with E-state index in [1.54, 1.807) is 13.0 Å². The molecule has 0 spiro atoms. The SMILES string of the molecule is Cc1ccc(C=Cc2onc(C)c2S(=O)(=O)N2CCC(C(=O)N3CCc4ccccc4C3)CC2)cc1. The van der Waals surface area contributed by atoms with E-state index in [9.17, 15) is 13.2 Å². The Hall–Kier alpha value is -3.23. The van der Waals surface area contributed by atoms with Crippen molar-refractivity contribution < 1.29 is 17.7 Å². The van der Waals surface area contributed by atoms with Gasteiger partial charge in [-0.15, -0.1) is 0 Å². The molecule has 0 unspecified atom stereocenters. The molecule has 36 heavy (non-hydrogen) atoms. The summed E-state index contributed by atoms with van der Waals surface area (Å²) in [5.74, 6) is 0.189. The summed E-state index contributed by atoms with van der Waals surface area (Å²) in [6.45, 7) is 5.60. The Labute approximate surface area is 212 Å². The van der Waals surface area contributed by atoms with Crippen molar-refractivity contribution in [3.05, 3.63) is 82.2 Å². The van der Waals surface area contributed by atoms with Crippen LogP contribution in [0, 0.1) is 19.8 Å². The lowest BCUT2D eigenvalue weighted by Gasteiger charge is -2.35. The van der Waals surface area contributed by atoms with E-state index in [4.69, 9.17) is 4.52 Å². The highest BCUT2D eigenvalue weighted by atomic mass is 32.2. The molecule has 7 nitrogen and oxygen atoms in total. The second-order valence-electron chi connectivity index (χ2n) is 9.66. The Morgan fingerprint density at radius 3 is 2.39 bits per heavy atom. The van der Waals surface area contributed by atoms with Crippen LogP contribution in [0.1, 0.15) is 46.5 Å². The molecule has 0 bridgehead atoms. The summed E-state index contributed by atoms with van der Waals surface area (Å²) in [6.07, 6.45) is 5.35. The third kappa shape index (κ3) is 4.88. The fourth-order valence-corrected chi connectivity index (χ4v) is 6.78. The molecular weight excluding hydrogens is 474 g/mol. The maximum absolute atomic E-state index is 13.6. The lowest BCUT2D eigenvalue weighted by Crippen LogP contribution is -2.45. The number of benzene rings is 2. The fraction of sp³-hybridized carbons (Fsp3) is 0.357. The molecule has 2 aliphatic heterocycles. The van der Waals surface area contributed by atoms with Crippen LogP contribution in [-0.2, 0) is 27.8 Å². The molecule has 2 aliphatic rings. The van der Waals surface area contributed by atoms with Crippen molar-refractivity contribution in [2.75, 3.05) is 19.6 Å². The Kier molecular flexibility index (Phi) is 6.81. The van der Waals surface area contributed by atoms with Gasteiger partial charge in [0.05, 0.1) is 0 Å². The van der Waals surface area contributed by atoms with Crippen molar-refractivity contribution in [2.45, 2.75) is 44.6 Å². The molecule has 8 heteroatoms. The molecule has 2 aromatic carbocycles. The zero-order valence-corrected chi connectivity index (χ0v) is 21.5. The van der Waals surface area contributed by atoms with Crippen LogP contribution < -0.4 is 0 Å². The first kappa shape index (κ1) is 24.5. The van der Waals surface area contributed by atoms with Crippen LogP contribution in [0.4, 0.5) is 0 Å². The van der Waals surface area contributed by atoms with Gasteiger partial charge in [-0.3, -0.25) is 4.79 Å². The maximum Gasteiger partial charge on any atom is 0.248 e. The number of rotatable bonds is 5. The minimum Gasteiger partial charge on any atom is -0.355 e. The first-order chi connectivity index (χ1) is 17.3. The number of carbonyl (C=O) groups is 1. The first-order valence-corrected chi connectivity index (χ1v) is 13.8. The van der Waals surface area contributed by atoms with Gasteiger partial charge >= 0.3 is 0 Å². The van der Waals surface area contributed by atoms with E-state index in [0.29, 0.717) is 44.7 Å². The Balaban J connectivity index is 1.26. The van der Waals surface area contributed by atoms with Crippen LogP contribution in [0.3, 0.4) is 0 Å². The predicted octanol–water partition coefficient (Wildman–Crippen LogP) is 4.45. The molecule has 0 radical (unpaired) electrons. The highest BCUT2D eigenvalue weighted by Gasteiger charge is 2.37. The van der Waals surface area contributed by atoms with Crippen molar-refractivity contribution in [1.82, 2.24) is 14.4 Å². The van der Waals surface area contributed by atoms with Gasteiger partial charge in [-0.05, 0) is 55.9 Å². The lowest BCUT2D eigenvalue weighted by atomic mass is 9.94. The third-order valence-corrected chi connectivity index (χ3v) is 9.24. The highest BCUT2D eigenvalue weighted by molar-refractivity contribution is 7.89. The zero-order chi connectivity index (χ0) is 25.3. The second-order valence-corrected chi connectivity index (χ2v) is 11.5. The summed E-state index contributed by atoms with van der Waals surface area (Å²) in [5, 5.41) is 3.93. The molecule has 1 fully saturated rings. The van der Waals surface area contributed by atoms with Gasteiger partial charge in [0.1, 0.15) is 5.69 Å². The summed E-state index contributed by atoms with van der Waals surface area (Å²) in [4.78, 5) is 15.2. The Morgan fingerprint density at radius 2 is 1.67 bits per heavy atom. The van der Waals surface area contributed by atoms with Crippen LogP contribution in [0.2, 0.25) is 0 Å². The normalized spacial score (nSPS) is 17.4. The predicted molar refractivity (Wildman–Crippen MR) is 138 cm³/mol. The lowest BCUT2D eigenvalue weighted by molar-refractivity contribution is -0.137. The van der Waals surface area contributed by atoms with E-state index in [-0.39, 0.29) is 22.5 Å². The molecule has 0 atom stereocenters. The molecule has 3 heterocycles. The summed E-state index contributed by atoms with van der Waals surface area (Å²) < 4.78 is 34.0. The monoisotopic (exact) mass is 505 g/mol. The first-order valence-electron chi connectivity index (χ1n) is 12.4. The summed E-state index contributed by atoms with van der Waals surface area (Å²) in [5.41, 5.74) is 4.93. The summed E-state index contributed by atoms with van der Waals surface area (Å²) >= 11 is 0. The van der Waals surface area contributed by atoms with Crippen molar-refractivity contribution in [3.8, 4) is 0 Å². The number of hydrogen-bond donors (Lipinski definition) is 0. The molecule has 0 saturated carbocycles. The number of hydrogen-bond acceptors (Lipinski definition) is 5. The van der Waals surface area contributed by atoms with E-state index in [1.807, 2.05) is 54.3 Å². The van der Waals surface area contributed by atoms with Gasteiger partial charge < -0.3 is 9.42 Å². The number of aromatic nitrogens is 1. The van der Waals surface area contributed by atoms with Crippen LogP contribution in [-0.4, -0.2) is 48.3 Å². The minimum atomic E-state index is -3.80. The Morgan fingerprint density at radius 1 is 0.972 bits per heavy atom. The largest absolute Gasteiger partial charge is 0.355 e. The molecule has 0 aliphatic carbocycles. The van der Waals surface area contributed by atoms with Gasteiger partial charge in [-0.2, -0.15) is 4.31 Å². The molecule has 1 amide bonds. The van der Waals surface area contributed by atoms with Gasteiger partial charge in [0.25, 0.3) is 0 Å². The van der Waals surface area contributed by atoms with E-state index < -0.39 is 10.0 Å². The molecule has 3 aromatic rings. The average molecular weight is 506 g/mol. The van der Waals surface area contributed by atoms with E-state index >= 15 is 0 Å². The van der Waals surface area contributed by atoms with Crippen LogP contribution in [0.15, 0.2) is 57.9 Å². The van der Waals surface area contributed by atoms with Crippen molar-refractivity contribution in [1.29, 1.82) is 0 Å². The van der Waals surface area contributed by atoms with Crippen LogP contribution in [0.5, 0.6) is 0 Å². The number of carbonyl (C=O) groups excluding carboxylic acids is 1. The van der Waals surface area contributed by atoms with E-state index in [1.165, 1.54) is 15.4 Å². The van der Waals surface area contributed by atoms with Gasteiger partial charge in [0.2, 0.25) is 15.9 Å². The van der Waals surface area contributed by atoms with Crippen molar-refractivity contribution >= 4 is 28.1 Å². The Bertz CT molecular complexity index is 1380. The van der Waals surface area contributed by atoms with E-state index in [2.05, 4.69) is 17.3 Å². The number of nitrogens with zero attached hydrogens (tertiary/aromatic N) is 3. The molecule has 188 valence electrons. The summed E-state index contributed by atoms with van der Waals surface area (Å²) in [6, 6.07) is 16.2. The number of fused-ring (bicyclic) bond motifs is 1. The molecule has 5 rings (SSSR count). The van der Waals surface area contributed by atoms with E-state index in [0.717, 1.165) is 17.5 Å². The smallest absolute Gasteiger partial charge is 0.248 e. The molecule has 1 saturated heterocycles. The number of aryl methyl sites for hydroxylation is 2. The number of piperidine rings is 1. The van der Waals surface area contributed by atoms with Gasteiger partial charge in [-0.25, -0.2) is 8.42 Å². The van der Waals surface area contributed by atoms with Crippen molar-refractivity contribution in [3.63, 3.8) is 0 Å². The molecular formula is C28H31N3O4S. The second kappa shape index (κ2) is 10.0. The quantitative estimate of drug-likeness (QED) is 0.512. The van der Waals surface area contributed by atoms with Crippen molar-refractivity contribution in [2.24, 2.45) is 5.92 Å². The van der Waals surface area contributed by atoms with Gasteiger partial charge in [0, 0.05) is 32.1 Å². The van der Waals surface area contributed by atoms with Gasteiger partial charge in [0.15, 0.2) is 10.7 Å². The third-order valence-electron chi connectivity index (χ3n) is 7.18. The number of amides is 1. The molecule has 0 N–H and O–H groups in total. The average Bonchev–Trinajstić information content (AvgIpc) is 3.28. The highest BCUT2D eigenvalue weighted by Crippen LogP contribution is 2.30. The topological polar surface area (TPSA) is 83.7 Å². The zero-order valence-electron chi connectivity index (χ0n) is 20.7. The maximum atomic E-state index is 13.6. The number of sulfonamides is 1. The minimum absolute atomic E-state index is 0.100. The standard InChI is InChI=1S/C28H31N3O4S/c1-20-7-9-22(10-8-20)11-12-26-27(21(2)29-35-26)36(33,34)31-17-14-24(15-18-31)28(32)30-16-13-23-5-3-4-6-25(23)19-30/h3-12,24H,13-19H2,1-2H3. The summed E-state index contributed by atoms with van der Waals surface area (Å²) in [7, 11) is -3.80. The van der Waals surface area contributed by atoms with Crippen LogP contribution >= 0.6 is 0 Å². The van der Waals surface area contributed by atoms with Gasteiger partial charge in [-0.1, -0.05) is 65.3 Å². The van der Waals surface area contributed by atoms with Crippen LogP contribution in [0.25, 0.3) is 12.2 Å². The molecule has 1 aromatic heterocycles. The fourth-order valence-electron chi connectivity index (χ4n) is 5.06.